The molecular weight excluding hydrogens is 274 g/mol. The number of H-pyrrole nitrogens is 2. The Morgan fingerprint density at radius 3 is 2.35 bits per heavy atom. The van der Waals surface area contributed by atoms with E-state index in [-0.39, 0.29) is 5.69 Å². The smallest absolute Gasteiger partial charge is 0.326 e. The van der Waals surface area contributed by atoms with Gasteiger partial charge in [-0.1, -0.05) is 0 Å². The maximum absolute atomic E-state index is 11.5. The van der Waals surface area contributed by atoms with Crippen molar-refractivity contribution in [2.75, 3.05) is 0 Å². The van der Waals surface area contributed by atoms with Crippen LogP contribution in [0.25, 0.3) is 0 Å². The molecule has 1 amide bonds. The average Bonchev–Trinajstić information content (AvgIpc) is 2.25. The Morgan fingerprint density at radius 1 is 1.20 bits per heavy atom. The Balaban J connectivity index is 2.75. The molecule has 0 aliphatic carbocycles. The maximum atomic E-state index is 11.5. The average molecular weight is 285 g/mol. The lowest BCUT2D eigenvalue weighted by Crippen LogP contribution is -2.43. The van der Waals surface area contributed by atoms with Crippen LogP contribution in [0.3, 0.4) is 0 Å². The highest BCUT2D eigenvalue weighted by atomic mass is 16.4. The second-order valence-corrected chi connectivity index (χ2v) is 3.85. The third-order valence-corrected chi connectivity index (χ3v) is 2.18. The number of aromatic amines is 2. The van der Waals surface area contributed by atoms with Crippen molar-refractivity contribution in [2.45, 2.75) is 18.9 Å². The fourth-order valence-corrected chi connectivity index (χ4v) is 1.41. The van der Waals surface area contributed by atoms with Crippen LogP contribution in [-0.2, 0) is 20.8 Å². The van der Waals surface area contributed by atoms with E-state index in [2.05, 4.69) is 4.98 Å². The zero-order valence-electron chi connectivity index (χ0n) is 10.0. The lowest BCUT2D eigenvalue weighted by Gasteiger charge is -2.12. The topological polar surface area (TPSA) is 169 Å². The molecule has 1 rings (SSSR count). The molecule has 0 spiro atoms. The molecule has 0 saturated heterocycles. The van der Waals surface area contributed by atoms with Gasteiger partial charge in [-0.2, -0.15) is 0 Å². The first-order valence-corrected chi connectivity index (χ1v) is 5.34. The van der Waals surface area contributed by atoms with E-state index in [1.165, 1.54) is 0 Å². The Labute approximate surface area is 110 Å². The Kier molecular flexibility index (Phi) is 4.78. The molecule has 10 nitrogen and oxygen atoms in total. The van der Waals surface area contributed by atoms with Gasteiger partial charge in [0.05, 0.1) is 12.8 Å². The van der Waals surface area contributed by atoms with Crippen LogP contribution in [0, 0.1) is 0 Å². The van der Waals surface area contributed by atoms with Gasteiger partial charge in [0.15, 0.2) is 0 Å². The second kappa shape index (κ2) is 6.31. The number of aromatic nitrogens is 2. The van der Waals surface area contributed by atoms with E-state index in [9.17, 15) is 24.0 Å². The van der Waals surface area contributed by atoms with Crippen LogP contribution in [-0.4, -0.2) is 44.1 Å². The highest BCUT2D eigenvalue weighted by Gasteiger charge is 2.23. The largest absolute Gasteiger partial charge is 0.481 e. The van der Waals surface area contributed by atoms with Gasteiger partial charge < -0.3 is 20.5 Å². The zero-order chi connectivity index (χ0) is 15.3. The van der Waals surface area contributed by atoms with Crippen molar-refractivity contribution in [1.29, 1.82) is 0 Å². The van der Waals surface area contributed by atoms with Crippen LogP contribution in [0.5, 0.6) is 0 Å². The van der Waals surface area contributed by atoms with E-state index >= 15 is 0 Å². The van der Waals surface area contributed by atoms with Crippen LogP contribution in [0.1, 0.15) is 12.1 Å². The molecule has 1 aromatic heterocycles. The minimum atomic E-state index is -1.59. The third kappa shape index (κ3) is 4.76. The van der Waals surface area contributed by atoms with Crippen LogP contribution < -0.4 is 16.6 Å². The van der Waals surface area contributed by atoms with Gasteiger partial charge in [0.2, 0.25) is 5.91 Å². The number of carbonyl (C=O) groups is 3. The van der Waals surface area contributed by atoms with E-state index in [4.69, 9.17) is 10.2 Å². The van der Waals surface area contributed by atoms with E-state index in [1.807, 2.05) is 10.3 Å². The molecule has 0 unspecified atom stereocenters. The summed E-state index contributed by atoms with van der Waals surface area (Å²) in [5.41, 5.74) is -1.53. The molecule has 108 valence electrons. The number of hydrogen-bond donors (Lipinski definition) is 5. The number of nitrogens with one attached hydrogen (secondary N) is 3. The molecule has 0 radical (unpaired) electrons. The summed E-state index contributed by atoms with van der Waals surface area (Å²) in [6.07, 6.45) is -1.24. The van der Waals surface area contributed by atoms with Crippen LogP contribution >= 0.6 is 0 Å². The van der Waals surface area contributed by atoms with Crippen LogP contribution in [0.2, 0.25) is 0 Å². The number of aliphatic carboxylic acids is 2. The molecule has 0 aliphatic rings. The summed E-state index contributed by atoms with van der Waals surface area (Å²) in [5.74, 6) is -3.72. The summed E-state index contributed by atoms with van der Waals surface area (Å²) >= 11 is 0. The van der Waals surface area contributed by atoms with Crippen LogP contribution in [0.15, 0.2) is 15.7 Å². The van der Waals surface area contributed by atoms with Crippen LogP contribution in [0.4, 0.5) is 0 Å². The van der Waals surface area contributed by atoms with Crippen molar-refractivity contribution in [3.05, 3.63) is 32.6 Å². The Bertz CT molecular complexity index is 616. The zero-order valence-corrected chi connectivity index (χ0v) is 10.0. The summed E-state index contributed by atoms with van der Waals surface area (Å²) in [7, 11) is 0. The minimum Gasteiger partial charge on any atom is -0.481 e. The molecule has 0 saturated carbocycles. The van der Waals surface area contributed by atoms with E-state index < -0.39 is 48.0 Å². The molecule has 0 fully saturated rings. The molecule has 0 bridgehead atoms. The van der Waals surface area contributed by atoms with E-state index in [0.717, 1.165) is 6.07 Å². The number of carbonyl (C=O) groups excluding carboxylic acids is 1. The first-order chi connectivity index (χ1) is 9.27. The van der Waals surface area contributed by atoms with Crippen molar-refractivity contribution >= 4 is 17.8 Å². The molecule has 10 heteroatoms. The molecule has 1 aromatic rings. The number of carboxylic acid groups (broad SMARTS) is 2. The van der Waals surface area contributed by atoms with Gasteiger partial charge in [-0.25, -0.2) is 9.59 Å². The van der Waals surface area contributed by atoms with Gasteiger partial charge in [0.25, 0.3) is 5.56 Å². The Hall–Kier alpha value is -2.91. The molecule has 1 heterocycles. The Morgan fingerprint density at radius 2 is 1.85 bits per heavy atom. The number of hydrogen-bond acceptors (Lipinski definition) is 5. The molecule has 5 N–H and O–H groups in total. The second-order valence-electron chi connectivity index (χ2n) is 3.85. The van der Waals surface area contributed by atoms with Gasteiger partial charge >= 0.3 is 17.6 Å². The van der Waals surface area contributed by atoms with Crippen molar-refractivity contribution in [3.63, 3.8) is 0 Å². The fraction of sp³-hybridized carbons (Fsp3) is 0.300. The van der Waals surface area contributed by atoms with Gasteiger partial charge in [0, 0.05) is 11.8 Å². The highest BCUT2D eigenvalue weighted by Crippen LogP contribution is 1.95. The molecule has 20 heavy (non-hydrogen) atoms. The lowest BCUT2D eigenvalue weighted by molar-refractivity contribution is -0.147. The van der Waals surface area contributed by atoms with Crippen molar-refractivity contribution in [3.8, 4) is 0 Å². The van der Waals surface area contributed by atoms with E-state index in [0.29, 0.717) is 0 Å². The quantitative estimate of drug-likeness (QED) is 0.389. The van der Waals surface area contributed by atoms with Crippen molar-refractivity contribution in [2.24, 2.45) is 0 Å². The highest BCUT2D eigenvalue weighted by molar-refractivity contribution is 5.87. The normalized spacial score (nSPS) is 11.6. The molecular formula is C10H11N3O7. The van der Waals surface area contributed by atoms with Gasteiger partial charge in [0.1, 0.15) is 6.04 Å². The first-order valence-electron chi connectivity index (χ1n) is 5.34. The summed E-state index contributed by atoms with van der Waals surface area (Å²) in [6, 6.07) is -0.623. The lowest BCUT2D eigenvalue weighted by atomic mass is 10.2. The predicted molar refractivity (Wildman–Crippen MR) is 63.2 cm³/mol. The number of amides is 1. The van der Waals surface area contributed by atoms with E-state index in [1.54, 1.807) is 0 Å². The predicted octanol–water partition coefficient (Wildman–Crippen LogP) is -2.35. The number of carboxylic acids is 2. The molecule has 0 aromatic carbocycles. The van der Waals surface area contributed by atoms with Crippen molar-refractivity contribution in [1.82, 2.24) is 15.3 Å². The summed E-state index contributed by atoms with van der Waals surface area (Å²) in [6.45, 7) is 0. The van der Waals surface area contributed by atoms with Gasteiger partial charge in [-0.05, 0) is 0 Å². The summed E-state index contributed by atoms with van der Waals surface area (Å²) in [5, 5.41) is 19.2. The molecule has 0 aliphatic heterocycles. The van der Waals surface area contributed by atoms with Crippen molar-refractivity contribution < 1.29 is 24.6 Å². The minimum absolute atomic E-state index is 0.0179. The van der Waals surface area contributed by atoms with Gasteiger partial charge in [-0.3, -0.25) is 19.4 Å². The summed E-state index contributed by atoms with van der Waals surface area (Å²) < 4.78 is 0. The SMILES string of the molecule is O=C(O)C[C@@H](NC(=O)Cc1cc(=O)[nH]c(=O)[nH]1)C(=O)O. The standard InChI is InChI=1S/C10H11N3O7/c14-6(12-5(9(18)19)3-8(16)17)1-4-2-7(15)13-10(20)11-4/h2,5H,1,3H2,(H,12,14)(H,16,17)(H,18,19)(H2,11,13,15,20)/t5-/m1/s1. The fourth-order valence-electron chi connectivity index (χ4n) is 1.41. The first kappa shape index (κ1) is 15.1. The summed E-state index contributed by atoms with van der Waals surface area (Å²) in [4.78, 5) is 58.7. The van der Waals surface area contributed by atoms with Gasteiger partial charge in [-0.15, -0.1) is 0 Å². The monoisotopic (exact) mass is 285 g/mol. The third-order valence-electron chi connectivity index (χ3n) is 2.18. The number of rotatable bonds is 6. The maximum Gasteiger partial charge on any atom is 0.326 e. The molecule has 1 atom stereocenters.